The molecule has 0 aromatic carbocycles. The van der Waals surface area contributed by atoms with Gasteiger partial charge < -0.3 is 15.5 Å². The molecule has 0 saturated heterocycles. The lowest BCUT2D eigenvalue weighted by atomic mass is 9.93. The summed E-state index contributed by atoms with van der Waals surface area (Å²) < 4.78 is 5.37. The molecule has 0 spiro atoms. The van der Waals surface area contributed by atoms with Gasteiger partial charge in [0, 0.05) is 12.0 Å². The van der Waals surface area contributed by atoms with Gasteiger partial charge in [0.05, 0.1) is 18.3 Å². The zero-order chi connectivity index (χ0) is 11.5. The quantitative estimate of drug-likeness (QED) is 0.814. The number of rotatable bonds is 3. The van der Waals surface area contributed by atoms with Crippen molar-refractivity contribution >= 4 is 5.91 Å². The molecule has 1 aliphatic carbocycles. The van der Waals surface area contributed by atoms with Gasteiger partial charge in [0.25, 0.3) is 0 Å². The number of amides is 1. The molecule has 0 fully saturated rings. The molecule has 2 atom stereocenters. The van der Waals surface area contributed by atoms with E-state index in [1.54, 1.807) is 6.26 Å². The van der Waals surface area contributed by atoms with E-state index in [1.807, 2.05) is 13.0 Å². The Bertz CT molecular complexity index is 373. The van der Waals surface area contributed by atoms with Gasteiger partial charge in [-0.25, -0.2) is 0 Å². The minimum absolute atomic E-state index is 0.0680. The molecule has 4 nitrogen and oxygen atoms in total. The van der Waals surface area contributed by atoms with Crippen molar-refractivity contribution < 1.29 is 9.21 Å². The van der Waals surface area contributed by atoms with E-state index in [9.17, 15) is 4.79 Å². The number of hydrogen-bond donors (Lipinski definition) is 2. The number of fused-ring (bicyclic) bond motifs is 1. The number of aryl methyl sites for hydroxylation is 1. The zero-order valence-electron chi connectivity index (χ0n) is 9.53. The third kappa shape index (κ3) is 2.11. The molecule has 1 aromatic rings. The molecule has 4 heteroatoms. The Morgan fingerprint density at radius 3 is 3.31 bits per heavy atom. The standard InChI is InChI=1S/C12H18N2O2/c1-2-9(13)12(15)14-10-4-3-5-11-8(10)6-7-16-11/h6-7,9-10H,2-5,13H2,1H3,(H,14,15)/t9-,10?/m0/s1. The molecular weight excluding hydrogens is 204 g/mol. The molecule has 2 rings (SSSR count). The van der Waals surface area contributed by atoms with Gasteiger partial charge in [-0.3, -0.25) is 4.79 Å². The van der Waals surface area contributed by atoms with E-state index in [0.717, 1.165) is 30.6 Å². The van der Waals surface area contributed by atoms with Crippen LogP contribution in [0.3, 0.4) is 0 Å². The van der Waals surface area contributed by atoms with Crippen molar-refractivity contribution in [2.45, 2.75) is 44.7 Å². The summed E-state index contributed by atoms with van der Waals surface area (Å²) in [4.78, 5) is 11.7. The topological polar surface area (TPSA) is 68.3 Å². The monoisotopic (exact) mass is 222 g/mol. The van der Waals surface area contributed by atoms with Crippen molar-refractivity contribution in [3.05, 3.63) is 23.7 Å². The van der Waals surface area contributed by atoms with Gasteiger partial charge in [0.1, 0.15) is 5.76 Å². The fourth-order valence-corrected chi connectivity index (χ4v) is 2.10. The number of furan rings is 1. The molecule has 16 heavy (non-hydrogen) atoms. The maximum atomic E-state index is 11.7. The maximum absolute atomic E-state index is 11.7. The Kier molecular flexibility index (Phi) is 3.29. The van der Waals surface area contributed by atoms with Gasteiger partial charge >= 0.3 is 0 Å². The minimum atomic E-state index is -0.405. The highest BCUT2D eigenvalue weighted by molar-refractivity contribution is 5.81. The third-order valence-corrected chi connectivity index (χ3v) is 3.15. The molecule has 1 amide bonds. The molecule has 1 heterocycles. The van der Waals surface area contributed by atoms with E-state index in [1.165, 1.54) is 0 Å². The summed E-state index contributed by atoms with van der Waals surface area (Å²) in [7, 11) is 0. The van der Waals surface area contributed by atoms with Crippen molar-refractivity contribution in [3.63, 3.8) is 0 Å². The highest BCUT2D eigenvalue weighted by Crippen LogP contribution is 2.30. The molecule has 1 aromatic heterocycles. The summed E-state index contributed by atoms with van der Waals surface area (Å²) in [5.41, 5.74) is 6.81. The van der Waals surface area contributed by atoms with Crippen molar-refractivity contribution in [1.82, 2.24) is 5.32 Å². The van der Waals surface area contributed by atoms with Crippen LogP contribution in [0.4, 0.5) is 0 Å². The summed E-state index contributed by atoms with van der Waals surface area (Å²) in [6.45, 7) is 1.91. The van der Waals surface area contributed by atoms with Crippen LogP contribution in [-0.2, 0) is 11.2 Å². The lowest BCUT2D eigenvalue weighted by Gasteiger charge is -2.24. The predicted molar refractivity (Wildman–Crippen MR) is 60.8 cm³/mol. The number of carbonyl (C=O) groups excluding carboxylic acids is 1. The van der Waals surface area contributed by atoms with Crippen LogP contribution in [0.2, 0.25) is 0 Å². The summed E-state index contributed by atoms with van der Waals surface area (Å²) in [6.07, 6.45) is 5.34. The summed E-state index contributed by atoms with van der Waals surface area (Å²) in [6, 6.07) is 1.61. The van der Waals surface area contributed by atoms with E-state index in [2.05, 4.69) is 5.32 Å². The normalized spacial score (nSPS) is 21.2. The first-order valence-electron chi connectivity index (χ1n) is 5.84. The summed E-state index contributed by atoms with van der Waals surface area (Å²) in [5.74, 6) is 0.933. The fraction of sp³-hybridized carbons (Fsp3) is 0.583. The SMILES string of the molecule is CC[C@H](N)C(=O)NC1CCCc2occc21. The van der Waals surface area contributed by atoms with Gasteiger partial charge in [-0.1, -0.05) is 6.92 Å². The lowest BCUT2D eigenvalue weighted by Crippen LogP contribution is -2.42. The second-order valence-corrected chi connectivity index (χ2v) is 4.27. The smallest absolute Gasteiger partial charge is 0.237 e. The van der Waals surface area contributed by atoms with E-state index >= 15 is 0 Å². The highest BCUT2D eigenvalue weighted by Gasteiger charge is 2.25. The summed E-state index contributed by atoms with van der Waals surface area (Å²) in [5, 5.41) is 2.99. The molecule has 3 N–H and O–H groups in total. The molecule has 1 unspecified atom stereocenters. The van der Waals surface area contributed by atoms with Gasteiger partial charge in [-0.05, 0) is 25.3 Å². The third-order valence-electron chi connectivity index (χ3n) is 3.15. The van der Waals surface area contributed by atoms with Gasteiger partial charge in [0.2, 0.25) is 5.91 Å². The molecule has 0 bridgehead atoms. The molecule has 88 valence electrons. The first kappa shape index (κ1) is 11.2. The van der Waals surface area contributed by atoms with Crippen molar-refractivity contribution in [1.29, 1.82) is 0 Å². The lowest BCUT2D eigenvalue weighted by molar-refractivity contribution is -0.123. The molecule has 0 radical (unpaired) electrons. The van der Waals surface area contributed by atoms with Crippen LogP contribution in [0.1, 0.15) is 43.6 Å². The number of carbonyl (C=O) groups is 1. The van der Waals surface area contributed by atoms with Crippen LogP contribution in [0.5, 0.6) is 0 Å². The average Bonchev–Trinajstić information content (AvgIpc) is 2.77. The largest absolute Gasteiger partial charge is 0.469 e. The Labute approximate surface area is 95.2 Å². The van der Waals surface area contributed by atoms with Gasteiger partial charge in [0.15, 0.2) is 0 Å². The predicted octanol–water partition coefficient (Wildman–Crippen LogP) is 1.51. The Balaban J connectivity index is 2.05. The van der Waals surface area contributed by atoms with E-state index in [4.69, 9.17) is 10.2 Å². The number of hydrogen-bond acceptors (Lipinski definition) is 3. The molecule has 0 aliphatic heterocycles. The first-order valence-corrected chi connectivity index (χ1v) is 5.84. The second-order valence-electron chi connectivity index (χ2n) is 4.27. The molecule has 1 aliphatic rings. The van der Waals surface area contributed by atoms with Crippen LogP contribution < -0.4 is 11.1 Å². The van der Waals surface area contributed by atoms with E-state index < -0.39 is 6.04 Å². The second kappa shape index (κ2) is 4.70. The average molecular weight is 222 g/mol. The van der Waals surface area contributed by atoms with Crippen molar-refractivity contribution in [2.24, 2.45) is 5.73 Å². The summed E-state index contributed by atoms with van der Waals surface area (Å²) >= 11 is 0. The van der Waals surface area contributed by atoms with Gasteiger partial charge in [-0.15, -0.1) is 0 Å². The highest BCUT2D eigenvalue weighted by atomic mass is 16.3. The Morgan fingerprint density at radius 1 is 1.75 bits per heavy atom. The number of nitrogens with two attached hydrogens (primary N) is 1. The Hall–Kier alpha value is -1.29. The van der Waals surface area contributed by atoms with Crippen LogP contribution in [0, 0.1) is 0 Å². The first-order chi connectivity index (χ1) is 7.72. The van der Waals surface area contributed by atoms with E-state index in [0.29, 0.717) is 6.42 Å². The minimum Gasteiger partial charge on any atom is -0.469 e. The van der Waals surface area contributed by atoms with E-state index in [-0.39, 0.29) is 11.9 Å². The Morgan fingerprint density at radius 2 is 2.56 bits per heavy atom. The molecular formula is C12H18N2O2. The number of nitrogens with one attached hydrogen (secondary N) is 1. The zero-order valence-corrected chi connectivity index (χ0v) is 9.53. The fourth-order valence-electron chi connectivity index (χ4n) is 2.10. The van der Waals surface area contributed by atoms with Gasteiger partial charge in [-0.2, -0.15) is 0 Å². The van der Waals surface area contributed by atoms with Crippen LogP contribution in [0.25, 0.3) is 0 Å². The van der Waals surface area contributed by atoms with Crippen LogP contribution in [0.15, 0.2) is 16.7 Å². The van der Waals surface area contributed by atoms with Crippen LogP contribution >= 0.6 is 0 Å². The maximum Gasteiger partial charge on any atom is 0.237 e. The van der Waals surface area contributed by atoms with Crippen molar-refractivity contribution in [2.75, 3.05) is 0 Å². The van der Waals surface area contributed by atoms with Crippen molar-refractivity contribution in [3.8, 4) is 0 Å². The van der Waals surface area contributed by atoms with Crippen LogP contribution in [-0.4, -0.2) is 11.9 Å². The molecule has 0 saturated carbocycles.